The van der Waals surface area contributed by atoms with Crippen LogP contribution in [0.3, 0.4) is 0 Å². The van der Waals surface area contributed by atoms with Crippen molar-refractivity contribution in [2.75, 3.05) is 0 Å². The van der Waals surface area contributed by atoms with Gasteiger partial charge in [0.05, 0.1) is 12.2 Å². The average Bonchev–Trinajstić information content (AvgIpc) is 2.63. The van der Waals surface area contributed by atoms with Gasteiger partial charge in [-0.15, -0.1) is 0 Å². The first kappa shape index (κ1) is 15.1. The molecule has 0 aliphatic carbocycles. The number of carbonyl (C=O) groups excluding carboxylic acids is 1. The second kappa shape index (κ2) is 6.93. The molecule has 0 fully saturated rings. The third kappa shape index (κ3) is 3.43. The van der Waals surface area contributed by atoms with Crippen LogP contribution in [0, 0.1) is 0 Å². The number of benzene rings is 1. The summed E-state index contributed by atoms with van der Waals surface area (Å²) in [5.74, 6) is 1.43. The second-order valence-corrected chi connectivity index (χ2v) is 4.96. The topological polar surface area (TPSA) is 29.5 Å². The highest BCUT2D eigenvalue weighted by Crippen LogP contribution is 2.30. The quantitative estimate of drug-likeness (QED) is 0.829. The van der Waals surface area contributed by atoms with Crippen LogP contribution >= 0.6 is 0 Å². The molecule has 2 rings (SSSR count). The molecule has 1 heterocycles. The number of amides is 1. The van der Waals surface area contributed by atoms with E-state index in [1.807, 2.05) is 30.3 Å². The van der Waals surface area contributed by atoms with Crippen molar-refractivity contribution in [3.8, 4) is 5.75 Å². The standard InChI is InChI=1S/C18H21NO2/c1-4-6-7-12-18-16(5-2)19(14(3)20)13-15-10-8-9-11-17(15)21-18/h5,7-12H,2,4,6,13H2,1,3H3. The normalized spacial score (nSPS) is 14.7. The smallest absolute Gasteiger partial charge is 0.224 e. The minimum atomic E-state index is -0.0217. The van der Waals surface area contributed by atoms with Crippen molar-refractivity contribution in [2.24, 2.45) is 0 Å². The summed E-state index contributed by atoms with van der Waals surface area (Å²) in [6, 6.07) is 7.78. The van der Waals surface area contributed by atoms with Gasteiger partial charge in [0.1, 0.15) is 5.75 Å². The Hall–Kier alpha value is -2.29. The van der Waals surface area contributed by atoms with Crippen molar-refractivity contribution in [2.45, 2.75) is 33.2 Å². The van der Waals surface area contributed by atoms with E-state index in [1.165, 1.54) is 0 Å². The second-order valence-electron chi connectivity index (χ2n) is 4.96. The van der Waals surface area contributed by atoms with Gasteiger partial charge < -0.3 is 9.64 Å². The van der Waals surface area contributed by atoms with Crippen molar-refractivity contribution < 1.29 is 9.53 Å². The molecule has 21 heavy (non-hydrogen) atoms. The van der Waals surface area contributed by atoms with Gasteiger partial charge in [-0.1, -0.05) is 44.2 Å². The molecule has 0 spiro atoms. The van der Waals surface area contributed by atoms with E-state index in [4.69, 9.17) is 4.74 Å². The zero-order valence-corrected chi connectivity index (χ0v) is 12.6. The lowest BCUT2D eigenvalue weighted by Gasteiger charge is -2.20. The Balaban J connectivity index is 2.48. The minimum Gasteiger partial charge on any atom is -0.455 e. The minimum absolute atomic E-state index is 0.0217. The summed E-state index contributed by atoms with van der Waals surface area (Å²) in [5, 5.41) is 0. The molecule has 0 saturated heterocycles. The lowest BCUT2D eigenvalue weighted by Crippen LogP contribution is -2.26. The van der Waals surface area contributed by atoms with Crippen LogP contribution in [0.25, 0.3) is 0 Å². The molecule has 1 amide bonds. The van der Waals surface area contributed by atoms with E-state index in [0.29, 0.717) is 18.0 Å². The molecule has 0 saturated carbocycles. The van der Waals surface area contributed by atoms with Crippen LogP contribution in [-0.2, 0) is 11.3 Å². The number of rotatable bonds is 4. The van der Waals surface area contributed by atoms with E-state index in [2.05, 4.69) is 19.6 Å². The number of hydrogen-bond acceptors (Lipinski definition) is 2. The Labute approximate surface area is 126 Å². The van der Waals surface area contributed by atoms with Gasteiger partial charge in [-0.25, -0.2) is 0 Å². The van der Waals surface area contributed by atoms with Crippen molar-refractivity contribution in [3.63, 3.8) is 0 Å². The molecule has 1 aliphatic rings. The Morgan fingerprint density at radius 1 is 1.43 bits per heavy atom. The average molecular weight is 283 g/mol. The van der Waals surface area contributed by atoms with Crippen LogP contribution in [0.5, 0.6) is 5.75 Å². The number of nitrogens with zero attached hydrogens (tertiary/aromatic N) is 1. The summed E-state index contributed by atoms with van der Waals surface area (Å²) >= 11 is 0. The fraction of sp³-hybridized carbons (Fsp3) is 0.278. The first-order valence-corrected chi connectivity index (χ1v) is 7.24. The van der Waals surface area contributed by atoms with E-state index in [0.717, 1.165) is 24.2 Å². The summed E-state index contributed by atoms with van der Waals surface area (Å²) in [6.45, 7) is 8.02. The highest BCUT2D eigenvalue weighted by molar-refractivity contribution is 5.76. The third-order valence-electron chi connectivity index (χ3n) is 3.36. The third-order valence-corrected chi connectivity index (χ3v) is 3.36. The highest BCUT2D eigenvalue weighted by atomic mass is 16.5. The van der Waals surface area contributed by atoms with Crippen LogP contribution in [0.4, 0.5) is 0 Å². The molecule has 0 bridgehead atoms. The zero-order chi connectivity index (χ0) is 15.2. The summed E-state index contributed by atoms with van der Waals surface area (Å²) in [6.07, 6.45) is 7.71. The largest absolute Gasteiger partial charge is 0.455 e. The molecule has 0 atom stereocenters. The molecule has 1 aliphatic heterocycles. The number of unbranched alkanes of at least 4 members (excludes halogenated alkanes) is 1. The fourth-order valence-corrected chi connectivity index (χ4v) is 2.26. The molecule has 0 radical (unpaired) electrons. The molecule has 0 aromatic heterocycles. The van der Waals surface area contributed by atoms with Crippen LogP contribution in [0.15, 0.2) is 60.5 Å². The van der Waals surface area contributed by atoms with Crippen molar-refractivity contribution in [3.05, 3.63) is 66.1 Å². The number of allylic oxidation sites excluding steroid dienone is 3. The van der Waals surface area contributed by atoms with Crippen LogP contribution in [-0.4, -0.2) is 10.8 Å². The molecule has 1 aromatic rings. The summed E-state index contributed by atoms with van der Waals surface area (Å²) in [5.41, 5.74) is 1.71. The van der Waals surface area contributed by atoms with Gasteiger partial charge in [0.15, 0.2) is 5.76 Å². The Morgan fingerprint density at radius 2 is 2.19 bits per heavy atom. The molecule has 3 nitrogen and oxygen atoms in total. The molecule has 0 unspecified atom stereocenters. The predicted molar refractivity (Wildman–Crippen MR) is 84.6 cm³/mol. The van der Waals surface area contributed by atoms with E-state index < -0.39 is 0 Å². The highest BCUT2D eigenvalue weighted by Gasteiger charge is 2.22. The maximum Gasteiger partial charge on any atom is 0.224 e. The first-order valence-electron chi connectivity index (χ1n) is 7.24. The number of hydrogen-bond donors (Lipinski definition) is 0. The van der Waals surface area contributed by atoms with Crippen molar-refractivity contribution in [1.29, 1.82) is 0 Å². The van der Waals surface area contributed by atoms with Crippen LogP contribution in [0.1, 0.15) is 32.3 Å². The van der Waals surface area contributed by atoms with Gasteiger partial charge in [0.2, 0.25) is 5.91 Å². The lowest BCUT2D eigenvalue weighted by molar-refractivity contribution is -0.127. The van der Waals surface area contributed by atoms with Crippen LogP contribution in [0.2, 0.25) is 0 Å². The van der Waals surface area contributed by atoms with E-state index >= 15 is 0 Å². The first-order chi connectivity index (χ1) is 10.2. The Kier molecular flexibility index (Phi) is 4.99. The fourth-order valence-electron chi connectivity index (χ4n) is 2.26. The zero-order valence-electron chi connectivity index (χ0n) is 12.6. The number of ether oxygens (including phenoxy) is 1. The number of carbonyl (C=O) groups is 1. The van der Waals surface area contributed by atoms with Gasteiger partial charge in [-0.05, 0) is 24.6 Å². The van der Waals surface area contributed by atoms with E-state index in [9.17, 15) is 4.79 Å². The number of fused-ring (bicyclic) bond motifs is 1. The SMILES string of the molecule is C=CC1=C(C=CCCC)Oc2ccccc2CN1C(C)=O. The van der Waals surface area contributed by atoms with E-state index in [-0.39, 0.29) is 5.91 Å². The maximum absolute atomic E-state index is 12.0. The van der Waals surface area contributed by atoms with Crippen molar-refractivity contribution in [1.82, 2.24) is 4.90 Å². The monoisotopic (exact) mass is 283 g/mol. The Morgan fingerprint density at radius 3 is 2.86 bits per heavy atom. The van der Waals surface area contributed by atoms with Crippen molar-refractivity contribution >= 4 is 5.91 Å². The molecular weight excluding hydrogens is 262 g/mol. The predicted octanol–water partition coefficient (Wildman–Crippen LogP) is 4.18. The summed E-state index contributed by atoms with van der Waals surface area (Å²) in [4.78, 5) is 13.7. The van der Waals surface area contributed by atoms with Gasteiger partial charge in [-0.3, -0.25) is 4.79 Å². The summed E-state index contributed by atoms with van der Waals surface area (Å²) in [7, 11) is 0. The Bertz CT molecular complexity index is 599. The molecule has 1 aromatic carbocycles. The van der Waals surface area contributed by atoms with Gasteiger partial charge >= 0.3 is 0 Å². The molecule has 3 heteroatoms. The van der Waals surface area contributed by atoms with Gasteiger partial charge in [0, 0.05) is 12.5 Å². The van der Waals surface area contributed by atoms with Crippen LogP contribution < -0.4 is 4.74 Å². The lowest BCUT2D eigenvalue weighted by atomic mass is 10.2. The molecule has 0 N–H and O–H groups in total. The number of para-hydroxylation sites is 1. The van der Waals surface area contributed by atoms with Gasteiger partial charge in [0.25, 0.3) is 0 Å². The summed E-state index contributed by atoms with van der Waals surface area (Å²) < 4.78 is 6.02. The molecular formula is C18H21NO2. The molecule has 110 valence electrons. The maximum atomic E-state index is 12.0. The van der Waals surface area contributed by atoms with Gasteiger partial charge in [-0.2, -0.15) is 0 Å². The van der Waals surface area contributed by atoms with E-state index in [1.54, 1.807) is 17.9 Å².